The third kappa shape index (κ3) is 3.69. The summed E-state index contributed by atoms with van der Waals surface area (Å²) in [6.07, 6.45) is 1.16. The molecule has 0 aliphatic rings. The Morgan fingerprint density at radius 2 is 2.05 bits per heavy atom. The van der Waals surface area contributed by atoms with Gasteiger partial charge in [-0.2, -0.15) is 0 Å². The van der Waals surface area contributed by atoms with E-state index in [1.54, 1.807) is 26.0 Å². The summed E-state index contributed by atoms with van der Waals surface area (Å²) in [7, 11) is 0. The van der Waals surface area contributed by atoms with Gasteiger partial charge in [-0.15, -0.1) is 0 Å². The largest absolute Gasteiger partial charge is 0.507 e. The third-order valence-corrected chi connectivity index (χ3v) is 3.21. The smallest absolute Gasteiger partial charge is 0.265 e. The Labute approximate surface area is 127 Å². The monoisotopic (exact) mass is 306 g/mol. The molecule has 118 valence electrons. The molecule has 0 aliphatic heterocycles. The number of amides is 4. The lowest BCUT2D eigenvalue weighted by Gasteiger charge is -2.25. The zero-order chi connectivity index (χ0) is 16.7. The second-order valence-corrected chi connectivity index (χ2v) is 4.72. The van der Waals surface area contributed by atoms with E-state index < -0.39 is 17.9 Å². The molecular formula is C15H18N2O5. The topological polar surface area (TPSA) is 104 Å². The van der Waals surface area contributed by atoms with Crippen LogP contribution in [-0.4, -0.2) is 40.7 Å². The highest BCUT2D eigenvalue weighted by Gasteiger charge is 2.31. The van der Waals surface area contributed by atoms with Gasteiger partial charge in [0, 0.05) is 0 Å². The quantitative estimate of drug-likeness (QED) is 0.723. The van der Waals surface area contributed by atoms with Crippen molar-refractivity contribution in [1.82, 2.24) is 10.2 Å². The number of hydrogen-bond acceptors (Lipinski definition) is 5. The van der Waals surface area contributed by atoms with E-state index in [0.717, 1.165) is 0 Å². The second kappa shape index (κ2) is 7.92. The molecule has 0 aromatic heterocycles. The molecule has 1 aromatic rings. The first kappa shape index (κ1) is 17.4. The third-order valence-electron chi connectivity index (χ3n) is 3.21. The van der Waals surface area contributed by atoms with Crippen LogP contribution in [0.4, 0.5) is 0 Å². The van der Waals surface area contributed by atoms with E-state index in [-0.39, 0.29) is 30.6 Å². The fraction of sp³-hybridized carbons (Fsp3) is 0.333. The SMILES string of the molecule is CCCC(C(=O)NC=O)N(C=O)C(=O)c1c(C)cccc1O. The maximum atomic E-state index is 12.5. The van der Waals surface area contributed by atoms with Gasteiger partial charge in [-0.3, -0.25) is 29.4 Å². The lowest BCUT2D eigenvalue weighted by molar-refractivity contribution is -0.133. The van der Waals surface area contributed by atoms with Gasteiger partial charge in [0.05, 0.1) is 5.56 Å². The fourth-order valence-corrected chi connectivity index (χ4v) is 2.15. The molecule has 0 bridgehead atoms. The molecule has 1 atom stereocenters. The average Bonchev–Trinajstić information content (AvgIpc) is 2.47. The maximum absolute atomic E-state index is 12.5. The first-order valence-electron chi connectivity index (χ1n) is 6.78. The van der Waals surface area contributed by atoms with Crippen molar-refractivity contribution >= 4 is 24.6 Å². The minimum absolute atomic E-state index is 0.0467. The Kier molecular flexibility index (Phi) is 6.25. The van der Waals surface area contributed by atoms with E-state index in [1.165, 1.54) is 6.07 Å². The molecule has 0 aliphatic carbocycles. The van der Waals surface area contributed by atoms with Crippen molar-refractivity contribution in [2.75, 3.05) is 0 Å². The number of phenolic OH excluding ortho intramolecular Hbond substituents is 1. The van der Waals surface area contributed by atoms with Gasteiger partial charge in [-0.1, -0.05) is 25.5 Å². The Morgan fingerprint density at radius 1 is 1.36 bits per heavy atom. The maximum Gasteiger partial charge on any atom is 0.265 e. The lowest BCUT2D eigenvalue weighted by atomic mass is 10.0. The molecule has 0 heterocycles. The van der Waals surface area contributed by atoms with E-state index in [2.05, 4.69) is 0 Å². The molecule has 1 aromatic carbocycles. The first-order chi connectivity index (χ1) is 10.5. The van der Waals surface area contributed by atoms with Gasteiger partial charge in [0.25, 0.3) is 5.91 Å². The van der Waals surface area contributed by atoms with Crippen LogP contribution in [0.25, 0.3) is 0 Å². The van der Waals surface area contributed by atoms with Crippen molar-refractivity contribution in [3.63, 3.8) is 0 Å². The molecule has 0 saturated carbocycles. The van der Waals surface area contributed by atoms with Crippen LogP contribution in [-0.2, 0) is 14.4 Å². The fourth-order valence-electron chi connectivity index (χ4n) is 2.15. The number of aryl methyl sites for hydroxylation is 1. The summed E-state index contributed by atoms with van der Waals surface area (Å²) in [4.78, 5) is 46.8. The summed E-state index contributed by atoms with van der Waals surface area (Å²) < 4.78 is 0. The summed E-state index contributed by atoms with van der Waals surface area (Å²) in [5, 5.41) is 11.8. The number of hydrogen-bond donors (Lipinski definition) is 2. The summed E-state index contributed by atoms with van der Waals surface area (Å²) in [6, 6.07) is 3.38. The lowest BCUT2D eigenvalue weighted by Crippen LogP contribution is -2.48. The normalized spacial score (nSPS) is 11.4. The van der Waals surface area contributed by atoms with Crippen molar-refractivity contribution in [2.24, 2.45) is 0 Å². The van der Waals surface area contributed by atoms with E-state index in [4.69, 9.17) is 0 Å². The predicted octanol–water partition coefficient (Wildman–Crippen LogP) is 0.741. The number of aromatic hydroxyl groups is 1. The minimum Gasteiger partial charge on any atom is -0.507 e. The molecule has 22 heavy (non-hydrogen) atoms. The van der Waals surface area contributed by atoms with Crippen LogP contribution in [0, 0.1) is 6.92 Å². The van der Waals surface area contributed by atoms with Crippen LogP contribution in [0.5, 0.6) is 5.75 Å². The van der Waals surface area contributed by atoms with Gasteiger partial charge in [-0.05, 0) is 25.0 Å². The molecule has 1 unspecified atom stereocenters. The van der Waals surface area contributed by atoms with Crippen molar-refractivity contribution < 1.29 is 24.3 Å². The van der Waals surface area contributed by atoms with Gasteiger partial charge >= 0.3 is 0 Å². The first-order valence-corrected chi connectivity index (χ1v) is 6.78. The zero-order valence-electron chi connectivity index (χ0n) is 12.4. The van der Waals surface area contributed by atoms with Crippen LogP contribution in [0.1, 0.15) is 35.7 Å². The number of phenols is 1. The van der Waals surface area contributed by atoms with Gasteiger partial charge in [0.15, 0.2) is 0 Å². The summed E-state index contributed by atoms with van der Waals surface area (Å²) >= 11 is 0. The Balaban J connectivity index is 3.21. The molecule has 0 spiro atoms. The summed E-state index contributed by atoms with van der Waals surface area (Å²) in [5.41, 5.74) is 0.428. The van der Waals surface area contributed by atoms with Gasteiger partial charge in [-0.25, -0.2) is 0 Å². The Hall–Kier alpha value is -2.70. The highest BCUT2D eigenvalue weighted by atomic mass is 16.3. The molecule has 0 fully saturated rings. The molecule has 0 radical (unpaired) electrons. The van der Waals surface area contributed by atoms with Crippen molar-refractivity contribution in [3.05, 3.63) is 29.3 Å². The highest BCUT2D eigenvalue weighted by molar-refractivity contribution is 6.06. The zero-order valence-corrected chi connectivity index (χ0v) is 12.4. The van der Waals surface area contributed by atoms with Crippen LogP contribution < -0.4 is 5.32 Å². The number of carbonyl (C=O) groups is 4. The van der Waals surface area contributed by atoms with Crippen molar-refractivity contribution in [2.45, 2.75) is 32.7 Å². The number of benzene rings is 1. The molecule has 7 heteroatoms. The van der Waals surface area contributed by atoms with E-state index >= 15 is 0 Å². The Bertz CT molecular complexity index is 565. The van der Waals surface area contributed by atoms with E-state index in [0.29, 0.717) is 16.9 Å². The van der Waals surface area contributed by atoms with Gasteiger partial charge in [0.2, 0.25) is 18.7 Å². The van der Waals surface area contributed by atoms with Crippen LogP contribution in [0.2, 0.25) is 0 Å². The Morgan fingerprint density at radius 3 is 2.55 bits per heavy atom. The number of nitrogens with one attached hydrogen (secondary N) is 1. The van der Waals surface area contributed by atoms with Crippen LogP contribution in [0.3, 0.4) is 0 Å². The number of imide groups is 2. The second-order valence-electron chi connectivity index (χ2n) is 4.72. The average molecular weight is 306 g/mol. The minimum atomic E-state index is -1.11. The van der Waals surface area contributed by atoms with Crippen molar-refractivity contribution in [3.8, 4) is 5.75 Å². The standard InChI is InChI=1S/C15H18N2O5/c1-3-5-11(14(21)16-8-18)17(9-19)15(22)13-10(2)6-4-7-12(13)20/h4,6-9,11,20H,3,5H2,1-2H3,(H,16,18,21). The molecule has 7 nitrogen and oxygen atoms in total. The van der Waals surface area contributed by atoms with Crippen LogP contribution >= 0.6 is 0 Å². The van der Waals surface area contributed by atoms with Gasteiger partial charge < -0.3 is 5.11 Å². The van der Waals surface area contributed by atoms with E-state index in [1.807, 2.05) is 5.32 Å². The van der Waals surface area contributed by atoms with Gasteiger partial charge in [0.1, 0.15) is 11.8 Å². The molecule has 4 amide bonds. The molecular weight excluding hydrogens is 288 g/mol. The number of carbonyl (C=O) groups excluding carboxylic acids is 4. The van der Waals surface area contributed by atoms with E-state index in [9.17, 15) is 24.3 Å². The highest BCUT2D eigenvalue weighted by Crippen LogP contribution is 2.23. The number of rotatable bonds is 7. The predicted molar refractivity (Wildman–Crippen MR) is 78.0 cm³/mol. The molecule has 0 saturated heterocycles. The summed E-state index contributed by atoms with van der Waals surface area (Å²) in [6.45, 7) is 3.39. The molecule has 1 rings (SSSR count). The van der Waals surface area contributed by atoms with Crippen LogP contribution in [0.15, 0.2) is 18.2 Å². The molecule has 2 N–H and O–H groups in total. The summed E-state index contributed by atoms with van der Waals surface area (Å²) in [5.74, 6) is -1.81. The number of nitrogens with zero attached hydrogens (tertiary/aromatic N) is 1. The van der Waals surface area contributed by atoms with Crippen molar-refractivity contribution in [1.29, 1.82) is 0 Å².